The molecule has 31 heavy (non-hydrogen) atoms. The molecule has 0 bridgehead atoms. The maximum absolute atomic E-state index is 13.5. The van der Waals surface area contributed by atoms with Gasteiger partial charge in [0.15, 0.2) is 11.2 Å². The second-order valence-electron chi connectivity index (χ2n) is 7.32. The summed E-state index contributed by atoms with van der Waals surface area (Å²) in [4.78, 5) is 28.3. The Kier molecular flexibility index (Phi) is 4.62. The molecule has 5 rings (SSSR count). The van der Waals surface area contributed by atoms with Crippen molar-refractivity contribution in [2.24, 2.45) is 0 Å². The van der Waals surface area contributed by atoms with Gasteiger partial charge in [-0.15, -0.1) is 0 Å². The van der Waals surface area contributed by atoms with Crippen LogP contribution in [0.5, 0.6) is 0 Å². The highest BCUT2D eigenvalue weighted by molar-refractivity contribution is 6.42. The molecule has 0 radical (unpaired) electrons. The molecule has 1 aliphatic heterocycles. The summed E-state index contributed by atoms with van der Waals surface area (Å²) in [5.41, 5.74) is 1.41. The van der Waals surface area contributed by atoms with Crippen molar-refractivity contribution in [3.8, 4) is 0 Å². The number of carbonyl (C=O) groups excluding carboxylic acids is 1. The number of halogens is 3. The third-order valence-corrected chi connectivity index (χ3v) is 6.42. The summed E-state index contributed by atoms with van der Waals surface area (Å²) < 4.78 is 11.1. The standard InChI is InChI=1S/C22H13Cl3N2O4/c1-9-5-16-12(8-14(9)24)20(28)18-19(11-3-4-13(23)15(25)7-11)27(22(29)21(18)30-16)17-6-10(2)31-26-17/h3-8,19H,1-2H3/t19-/m1/s1. The zero-order valence-electron chi connectivity index (χ0n) is 16.2. The van der Waals surface area contributed by atoms with E-state index >= 15 is 0 Å². The number of aromatic nitrogens is 1. The van der Waals surface area contributed by atoms with Crippen molar-refractivity contribution >= 4 is 57.5 Å². The van der Waals surface area contributed by atoms with E-state index in [-0.39, 0.29) is 33.5 Å². The highest BCUT2D eigenvalue weighted by Crippen LogP contribution is 2.42. The third-order valence-electron chi connectivity index (χ3n) is 5.27. The molecule has 1 atom stereocenters. The van der Waals surface area contributed by atoms with E-state index in [2.05, 4.69) is 5.16 Å². The summed E-state index contributed by atoms with van der Waals surface area (Å²) >= 11 is 18.6. The van der Waals surface area contributed by atoms with Crippen molar-refractivity contribution in [2.45, 2.75) is 19.9 Å². The van der Waals surface area contributed by atoms with Crippen LogP contribution >= 0.6 is 34.8 Å². The Labute approximate surface area is 190 Å². The van der Waals surface area contributed by atoms with Crippen LogP contribution in [0.25, 0.3) is 11.0 Å². The summed E-state index contributed by atoms with van der Waals surface area (Å²) in [6.07, 6.45) is 0. The number of rotatable bonds is 2. The molecule has 6 nitrogen and oxygen atoms in total. The number of benzene rings is 2. The normalized spacial score (nSPS) is 15.7. The molecule has 0 saturated carbocycles. The number of aryl methyl sites for hydroxylation is 2. The van der Waals surface area contributed by atoms with Crippen LogP contribution in [0.1, 0.15) is 39.0 Å². The Bertz CT molecular complexity index is 1460. The van der Waals surface area contributed by atoms with E-state index in [9.17, 15) is 9.59 Å². The maximum atomic E-state index is 13.5. The molecule has 2 aromatic carbocycles. The lowest BCUT2D eigenvalue weighted by Crippen LogP contribution is -2.29. The molecule has 4 aromatic rings. The predicted molar refractivity (Wildman–Crippen MR) is 119 cm³/mol. The molecule has 0 saturated heterocycles. The van der Waals surface area contributed by atoms with Crippen molar-refractivity contribution in [3.63, 3.8) is 0 Å². The Balaban J connectivity index is 1.84. The van der Waals surface area contributed by atoms with Gasteiger partial charge in [-0.3, -0.25) is 14.5 Å². The second kappa shape index (κ2) is 7.12. The van der Waals surface area contributed by atoms with Crippen molar-refractivity contribution in [1.29, 1.82) is 0 Å². The number of amides is 1. The molecular formula is C22H13Cl3N2O4. The first-order valence-electron chi connectivity index (χ1n) is 9.25. The SMILES string of the molecule is Cc1cc(N2C(=O)c3oc4cc(C)c(Cl)cc4c(=O)c3[C@H]2c2ccc(Cl)c(Cl)c2)no1. The topological polar surface area (TPSA) is 76.6 Å². The van der Waals surface area contributed by atoms with E-state index in [1.54, 1.807) is 50.2 Å². The van der Waals surface area contributed by atoms with Gasteiger partial charge in [0.2, 0.25) is 5.76 Å². The summed E-state index contributed by atoms with van der Waals surface area (Å²) in [5.74, 6) is 0.197. The monoisotopic (exact) mass is 474 g/mol. The van der Waals surface area contributed by atoms with Crippen LogP contribution in [0.3, 0.4) is 0 Å². The van der Waals surface area contributed by atoms with Crippen molar-refractivity contribution in [1.82, 2.24) is 5.16 Å². The third kappa shape index (κ3) is 3.05. The quantitative estimate of drug-likeness (QED) is 0.350. The van der Waals surface area contributed by atoms with Gasteiger partial charge in [0.25, 0.3) is 5.91 Å². The van der Waals surface area contributed by atoms with Gasteiger partial charge in [0.1, 0.15) is 11.3 Å². The molecule has 1 aliphatic rings. The Morgan fingerprint density at radius 3 is 2.42 bits per heavy atom. The summed E-state index contributed by atoms with van der Waals surface area (Å²) in [5, 5.41) is 5.34. The first kappa shape index (κ1) is 20.1. The Hall–Kier alpha value is -2.80. The minimum absolute atomic E-state index is 0.0593. The summed E-state index contributed by atoms with van der Waals surface area (Å²) in [6, 6.07) is 8.90. The minimum Gasteiger partial charge on any atom is -0.450 e. The first-order valence-corrected chi connectivity index (χ1v) is 10.4. The Morgan fingerprint density at radius 1 is 0.968 bits per heavy atom. The van der Waals surface area contributed by atoms with Crippen LogP contribution < -0.4 is 10.3 Å². The molecule has 1 amide bonds. The largest absolute Gasteiger partial charge is 0.450 e. The van der Waals surface area contributed by atoms with Crippen LogP contribution in [0.4, 0.5) is 5.82 Å². The van der Waals surface area contributed by atoms with Crippen LogP contribution in [0.15, 0.2) is 50.1 Å². The lowest BCUT2D eigenvalue weighted by atomic mass is 9.98. The lowest BCUT2D eigenvalue weighted by Gasteiger charge is -2.22. The van der Waals surface area contributed by atoms with Crippen LogP contribution in [0, 0.1) is 13.8 Å². The molecule has 0 aliphatic carbocycles. The summed E-state index contributed by atoms with van der Waals surface area (Å²) in [6.45, 7) is 3.50. The molecule has 2 aromatic heterocycles. The average molecular weight is 476 g/mol. The summed E-state index contributed by atoms with van der Waals surface area (Å²) in [7, 11) is 0. The fraction of sp³-hybridized carbons (Fsp3) is 0.136. The fourth-order valence-electron chi connectivity index (χ4n) is 3.79. The van der Waals surface area contributed by atoms with Gasteiger partial charge in [-0.1, -0.05) is 46.0 Å². The van der Waals surface area contributed by atoms with Gasteiger partial charge in [-0.25, -0.2) is 0 Å². The van der Waals surface area contributed by atoms with Gasteiger partial charge < -0.3 is 8.94 Å². The van der Waals surface area contributed by atoms with E-state index < -0.39 is 11.9 Å². The van der Waals surface area contributed by atoms with Gasteiger partial charge >= 0.3 is 0 Å². The molecule has 9 heteroatoms. The van der Waals surface area contributed by atoms with E-state index in [1.807, 2.05) is 0 Å². The highest BCUT2D eigenvalue weighted by Gasteiger charge is 2.45. The van der Waals surface area contributed by atoms with Gasteiger partial charge in [-0.05, 0) is 49.2 Å². The number of fused-ring (bicyclic) bond motifs is 2. The maximum Gasteiger partial charge on any atom is 0.296 e. The number of anilines is 1. The van der Waals surface area contributed by atoms with Crippen LogP contribution in [-0.4, -0.2) is 11.1 Å². The van der Waals surface area contributed by atoms with E-state index in [0.29, 0.717) is 26.4 Å². The highest BCUT2D eigenvalue weighted by atomic mass is 35.5. The first-order chi connectivity index (χ1) is 14.8. The van der Waals surface area contributed by atoms with E-state index in [4.69, 9.17) is 43.7 Å². The zero-order chi connectivity index (χ0) is 22.0. The van der Waals surface area contributed by atoms with Gasteiger partial charge in [-0.2, -0.15) is 0 Å². The predicted octanol–water partition coefficient (Wildman–Crippen LogP) is 6.11. The molecular weight excluding hydrogens is 463 g/mol. The molecule has 0 fully saturated rings. The number of hydrogen-bond acceptors (Lipinski definition) is 5. The smallest absolute Gasteiger partial charge is 0.296 e. The Morgan fingerprint density at radius 2 is 1.74 bits per heavy atom. The number of nitrogens with zero attached hydrogens (tertiary/aromatic N) is 2. The van der Waals surface area contributed by atoms with Crippen LogP contribution in [0.2, 0.25) is 15.1 Å². The molecule has 156 valence electrons. The van der Waals surface area contributed by atoms with E-state index in [0.717, 1.165) is 5.56 Å². The van der Waals surface area contributed by atoms with Crippen molar-refractivity contribution < 1.29 is 13.7 Å². The minimum atomic E-state index is -0.831. The average Bonchev–Trinajstić information content (AvgIpc) is 3.27. The lowest BCUT2D eigenvalue weighted by molar-refractivity contribution is 0.0969. The second-order valence-corrected chi connectivity index (χ2v) is 8.54. The molecule has 0 unspecified atom stereocenters. The van der Waals surface area contributed by atoms with E-state index in [1.165, 1.54) is 4.90 Å². The fourth-order valence-corrected chi connectivity index (χ4v) is 4.26. The van der Waals surface area contributed by atoms with Gasteiger partial charge in [0, 0.05) is 11.1 Å². The molecule has 3 heterocycles. The van der Waals surface area contributed by atoms with Crippen molar-refractivity contribution in [3.05, 3.63) is 89.9 Å². The molecule has 0 spiro atoms. The number of hydrogen-bond donors (Lipinski definition) is 0. The number of carbonyl (C=O) groups is 1. The van der Waals surface area contributed by atoms with Crippen LogP contribution in [-0.2, 0) is 0 Å². The molecule has 0 N–H and O–H groups in total. The van der Waals surface area contributed by atoms with Crippen molar-refractivity contribution in [2.75, 3.05) is 4.90 Å². The van der Waals surface area contributed by atoms with Gasteiger partial charge in [0.05, 0.1) is 27.0 Å². The zero-order valence-corrected chi connectivity index (χ0v) is 18.5.